The van der Waals surface area contributed by atoms with E-state index in [1.54, 1.807) is 42.5 Å². The van der Waals surface area contributed by atoms with E-state index >= 15 is 0 Å². The zero-order valence-electron chi connectivity index (χ0n) is 19.6. The lowest BCUT2D eigenvalue weighted by Gasteiger charge is -2.36. The van der Waals surface area contributed by atoms with Gasteiger partial charge < -0.3 is 23.7 Å². The molecule has 0 amide bonds. The number of hydrogen-bond acceptors (Lipinski definition) is 9. The van der Waals surface area contributed by atoms with Crippen LogP contribution in [0.4, 0.5) is 0 Å². The summed E-state index contributed by atoms with van der Waals surface area (Å²) in [7, 11) is 0. The lowest BCUT2D eigenvalue weighted by atomic mass is 9.77. The van der Waals surface area contributed by atoms with Crippen LogP contribution in [0.1, 0.15) is 53.4 Å². The molecule has 0 aromatic heterocycles. The molecule has 2 heterocycles. The smallest absolute Gasteiger partial charge is 0.340 e. The van der Waals surface area contributed by atoms with Crippen molar-refractivity contribution in [2.75, 3.05) is 0 Å². The van der Waals surface area contributed by atoms with E-state index in [4.69, 9.17) is 23.7 Å². The van der Waals surface area contributed by atoms with Crippen molar-refractivity contribution >= 4 is 23.9 Å². The molecule has 0 N–H and O–H groups in total. The average molecular weight is 488 g/mol. The van der Waals surface area contributed by atoms with Gasteiger partial charge >= 0.3 is 23.9 Å². The zero-order valence-corrected chi connectivity index (χ0v) is 19.6. The lowest BCUT2D eigenvalue weighted by molar-refractivity contribution is -0.142. The van der Waals surface area contributed by atoms with Gasteiger partial charge in [-0.3, -0.25) is 14.4 Å². The molecule has 0 saturated heterocycles. The molecule has 0 unspecified atom stereocenters. The molecule has 0 fully saturated rings. The molecule has 3 aromatic carbocycles. The van der Waals surface area contributed by atoms with Crippen molar-refractivity contribution in [2.24, 2.45) is 0 Å². The van der Waals surface area contributed by atoms with E-state index < -0.39 is 29.5 Å². The number of carbonyl (C=O) groups excluding carboxylic acids is 4. The number of fused-ring (bicyclic) bond motifs is 6. The summed E-state index contributed by atoms with van der Waals surface area (Å²) in [5.41, 5.74) is 1.16. The first-order valence-electron chi connectivity index (χ1n) is 11.0. The van der Waals surface area contributed by atoms with Gasteiger partial charge in [0, 0.05) is 49.6 Å². The first-order chi connectivity index (χ1) is 17.2. The zero-order chi connectivity index (χ0) is 25.6. The number of carbonyl (C=O) groups is 4. The van der Waals surface area contributed by atoms with E-state index in [1.807, 2.05) is 0 Å². The first kappa shape index (κ1) is 23.1. The van der Waals surface area contributed by atoms with E-state index in [2.05, 4.69) is 0 Å². The van der Waals surface area contributed by atoms with Gasteiger partial charge in [-0.15, -0.1) is 0 Å². The highest BCUT2D eigenvalue weighted by molar-refractivity contribution is 5.97. The summed E-state index contributed by atoms with van der Waals surface area (Å²) < 4.78 is 27.7. The Balaban J connectivity index is 1.70. The Bertz CT molecular complexity index is 1390. The van der Waals surface area contributed by atoms with Crippen LogP contribution in [0.5, 0.6) is 23.0 Å². The quantitative estimate of drug-likeness (QED) is 0.394. The second kappa shape index (κ2) is 8.53. The average Bonchev–Trinajstić information content (AvgIpc) is 3.09. The van der Waals surface area contributed by atoms with Crippen LogP contribution < -0.4 is 14.2 Å². The van der Waals surface area contributed by atoms with Gasteiger partial charge in [-0.25, -0.2) is 4.79 Å². The summed E-state index contributed by atoms with van der Waals surface area (Å²) in [5.74, 6) is -0.922. The topological polar surface area (TPSA) is 114 Å². The third-order valence-electron chi connectivity index (χ3n) is 5.78. The van der Waals surface area contributed by atoms with E-state index in [-0.39, 0.29) is 18.1 Å². The van der Waals surface area contributed by atoms with E-state index in [1.165, 1.54) is 32.9 Å². The molecule has 0 bridgehead atoms. The number of rotatable bonds is 4. The number of esters is 4. The predicted octanol–water partition coefficient (Wildman–Crippen LogP) is 4.17. The third-order valence-corrected chi connectivity index (χ3v) is 5.78. The van der Waals surface area contributed by atoms with Gasteiger partial charge in [0.2, 0.25) is 0 Å². The maximum absolute atomic E-state index is 13.2. The molecule has 0 saturated carbocycles. The molecule has 1 spiro atoms. The minimum Gasteiger partial charge on any atom is -0.461 e. The van der Waals surface area contributed by atoms with Crippen molar-refractivity contribution in [3.8, 4) is 23.0 Å². The van der Waals surface area contributed by atoms with Gasteiger partial charge in [-0.2, -0.15) is 0 Å². The Kier molecular flexibility index (Phi) is 5.47. The highest BCUT2D eigenvalue weighted by Gasteiger charge is 2.53. The van der Waals surface area contributed by atoms with Crippen molar-refractivity contribution in [3.63, 3.8) is 0 Å². The van der Waals surface area contributed by atoms with Gasteiger partial charge in [0.1, 0.15) is 29.6 Å². The Hall–Kier alpha value is -4.66. The lowest BCUT2D eigenvalue weighted by Crippen LogP contribution is -2.33. The molecule has 5 rings (SSSR count). The number of hydrogen-bond donors (Lipinski definition) is 0. The monoisotopic (exact) mass is 488 g/mol. The maximum Gasteiger partial charge on any atom is 0.340 e. The molecule has 2 aliphatic heterocycles. The molecule has 3 aromatic rings. The van der Waals surface area contributed by atoms with Crippen LogP contribution >= 0.6 is 0 Å². The fraction of sp³-hybridized carbons (Fsp3) is 0.185. The molecule has 9 nitrogen and oxygen atoms in total. The van der Waals surface area contributed by atoms with Crippen LogP contribution in [0.3, 0.4) is 0 Å². The summed E-state index contributed by atoms with van der Waals surface area (Å²) in [6.45, 7) is 3.88. The fourth-order valence-electron chi connectivity index (χ4n) is 4.47. The minimum absolute atomic E-state index is 0.0106. The molecular weight excluding hydrogens is 468 g/mol. The predicted molar refractivity (Wildman–Crippen MR) is 123 cm³/mol. The Morgan fingerprint density at radius 3 is 1.83 bits per heavy atom. The van der Waals surface area contributed by atoms with Gasteiger partial charge in [0.15, 0.2) is 5.60 Å². The standard InChI is InChI=1S/C27H20O9/c1-14(28)32-13-17-4-7-21-20(10-17)26(31)36-27(21)22-8-5-18(33-15(2)29)11-24(22)35-25-12-19(34-16(3)30)6-9-23(25)27/h4-12H,13H2,1-3H3. The Morgan fingerprint density at radius 1 is 0.750 bits per heavy atom. The van der Waals surface area contributed by atoms with Crippen LogP contribution in [0.25, 0.3) is 0 Å². The van der Waals surface area contributed by atoms with Gasteiger partial charge in [-0.05, 0) is 35.9 Å². The van der Waals surface area contributed by atoms with Crippen LogP contribution in [0, 0.1) is 0 Å². The molecule has 0 radical (unpaired) electrons. The summed E-state index contributed by atoms with van der Waals surface area (Å²) in [6.07, 6.45) is 0. The second-order valence-electron chi connectivity index (χ2n) is 8.34. The molecule has 9 heteroatoms. The molecule has 0 aliphatic carbocycles. The minimum atomic E-state index is -1.38. The van der Waals surface area contributed by atoms with Crippen molar-refractivity contribution in [2.45, 2.75) is 33.0 Å². The van der Waals surface area contributed by atoms with Crippen molar-refractivity contribution < 1.29 is 42.9 Å². The van der Waals surface area contributed by atoms with Crippen molar-refractivity contribution in [1.82, 2.24) is 0 Å². The van der Waals surface area contributed by atoms with E-state index in [0.29, 0.717) is 39.3 Å². The van der Waals surface area contributed by atoms with Crippen LogP contribution in [0.2, 0.25) is 0 Å². The largest absolute Gasteiger partial charge is 0.461 e. The van der Waals surface area contributed by atoms with Gasteiger partial charge in [-0.1, -0.05) is 12.1 Å². The fourth-order valence-corrected chi connectivity index (χ4v) is 4.47. The van der Waals surface area contributed by atoms with Crippen LogP contribution in [-0.4, -0.2) is 23.9 Å². The Morgan fingerprint density at radius 2 is 1.31 bits per heavy atom. The highest BCUT2D eigenvalue weighted by atomic mass is 16.6. The normalized spacial score (nSPS) is 14.0. The molecule has 182 valence electrons. The molecule has 36 heavy (non-hydrogen) atoms. The molecular formula is C27H20O9. The SMILES string of the molecule is CC(=O)OCc1ccc2c(c1)C(=O)OC21c2ccc(OC(C)=O)cc2Oc2cc(OC(C)=O)ccc21. The number of benzene rings is 3. The molecule has 0 atom stereocenters. The molecule has 2 aliphatic rings. The maximum atomic E-state index is 13.2. The van der Waals surface area contributed by atoms with Gasteiger partial charge in [0.25, 0.3) is 0 Å². The van der Waals surface area contributed by atoms with Crippen molar-refractivity contribution in [1.29, 1.82) is 0 Å². The van der Waals surface area contributed by atoms with Gasteiger partial charge in [0.05, 0.1) is 5.56 Å². The second-order valence-corrected chi connectivity index (χ2v) is 8.34. The van der Waals surface area contributed by atoms with E-state index in [0.717, 1.165) is 0 Å². The summed E-state index contributed by atoms with van der Waals surface area (Å²) in [6, 6.07) is 14.7. The third kappa shape index (κ3) is 3.84. The Labute approximate surface area is 205 Å². The highest BCUT2D eigenvalue weighted by Crippen LogP contribution is 2.57. The van der Waals surface area contributed by atoms with Crippen molar-refractivity contribution in [3.05, 3.63) is 82.4 Å². The van der Waals surface area contributed by atoms with E-state index in [9.17, 15) is 19.2 Å². The van der Waals surface area contributed by atoms with Crippen LogP contribution in [-0.2, 0) is 36.1 Å². The summed E-state index contributed by atoms with van der Waals surface area (Å²) in [5, 5.41) is 0. The number of ether oxygens (including phenoxy) is 5. The van der Waals surface area contributed by atoms with Crippen LogP contribution in [0.15, 0.2) is 54.6 Å². The first-order valence-corrected chi connectivity index (χ1v) is 11.0. The summed E-state index contributed by atoms with van der Waals surface area (Å²) in [4.78, 5) is 47.4. The summed E-state index contributed by atoms with van der Waals surface area (Å²) >= 11 is 0.